The second-order valence-electron chi connectivity index (χ2n) is 13.9. The van der Waals surface area contributed by atoms with Crippen LogP contribution < -0.4 is 4.74 Å². The number of rotatable bonds is 10. The van der Waals surface area contributed by atoms with E-state index in [1.807, 2.05) is 35.1 Å². The van der Waals surface area contributed by atoms with Crippen molar-refractivity contribution in [3.63, 3.8) is 0 Å². The maximum Gasteiger partial charge on any atom is 2.00 e. The summed E-state index contributed by atoms with van der Waals surface area (Å²) in [5, 5.41) is 7.26. The van der Waals surface area contributed by atoms with Crippen molar-refractivity contribution in [2.45, 2.75) is 73.6 Å². The Hall–Kier alpha value is -4.47. The molecular weight excluding hydrogens is 796 g/mol. The van der Waals surface area contributed by atoms with Crippen LogP contribution in [-0.2, 0) is 21.1 Å². The fourth-order valence-electron chi connectivity index (χ4n) is 7.04. The van der Waals surface area contributed by atoms with Crippen molar-refractivity contribution in [3.8, 4) is 34.1 Å². The normalized spacial score (nSPS) is 12.1. The van der Waals surface area contributed by atoms with Gasteiger partial charge in [-0.05, 0) is 85.0 Å². The van der Waals surface area contributed by atoms with Gasteiger partial charge in [0.1, 0.15) is 5.82 Å². The number of pyridine rings is 1. The second-order valence-corrected chi connectivity index (χ2v) is 13.9. The Balaban J connectivity index is 0.00000432. The average Bonchev–Trinajstić information content (AvgIpc) is 3.56. The molecule has 0 radical (unpaired) electrons. The van der Waals surface area contributed by atoms with Gasteiger partial charge in [-0.1, -0.05) is 88.5 Å². The first-order valence-electron chi connectivity index (χ1n) is 17.4. The maximum atomic E-state index is 6.54. The van der Waals surface area contributed by atoms with Crippen molar-refractivity contribution < 1.29 is 25.8 Å². The summed E-state index contributed by atoms with van der Waals surface area (Å²) in [6.45, 7) is 15.3. The van der Waals surface area contributed by atoms with Crippen molar-refractivity contribution >= 4 is 21.8 Å². The third-order valence-corrected chi connectivity index (χ3v) is 9.57. The van der Waals surface area contributed by atoms with Gasteiger partial charge in [0.15, 0.2) is 0 Å². The van der Waals surface area contributed by atoms with Gasteiger partial charge in [0.05, 0.1) is 5.69 Å². The molecule has 7 aromatic rings. The molecule has 0 spiro atoms. The first-order valence-corrected chi connectivity index (χ1v) is 17.4. The Morgan fingerprint density at radius 3 is 2.32 bits per heavy atom. The molecule has 0 saturated carbocycles. The monoisotopic (exact) mass is 839 g/mol. The molecule has 0 amide bonds. The van der Waals surface area contributed by atoms with Crippen molar-refractivity contribution in [1.29, 1.82) is 0 Å². The molecule has 50 heavy (non-hydrogen) atoms. The molecule has 3 aromatic heterocycles. The van der Waals surface area contributed by atoms with Gasteiger partial charge in [-0.25, -0.2) is 4.98 Å². The summed E-state index contributed by atoms with van der Waals surface area (Å²) in [7, 11) is 0. The molecule has 0 aliphatic heterocycles. The SMILES string of the molecule is Cc1cc(Oc2[c-]c3c(cc2)c2cc(C(C)CCCC(C)C)ccc2n3-c2cc(C)ccn2)[c-]c(-n2nc(C)c(-c3ccccc3)c2C)c1.[Pt+2]. The van der Waals surface area contributed by atoms with Crippen molar-refractivity contribution in [3.05, 3.63) is 131 Å². The predicted octanol–water partition coefficient (Wildman–Crippen LogP) is 11.6. The second kappa shape index (κ2) is 14.8. The quantitative estimate of drug-likeness (QED) is 0.129. The standard InChI is InChI=1S/C44H44N4O.Pt/c1-28(2)12-11-13-31(5)35-16-19-41-40(25-35)39-18-17-37(27-42(39)47(41)43-24-29(3)20-21-45-43)49-38-23-30(4)22-36(26-38)48-33(7)44(32(6)46-48)34-14-9-8-10-15-34;/h8-10,14-25,28,31H,11-13H2,1-7H3;/q-2;+2. The van der Waals surface area contributed by atoms with E-state index in [1.54, 1.807) is 0 Å². The third kappa shape index (κ3) is 7.07. The summed E-state index contributed by atoms with van der Waals surface area (Å²) in [4.78, 5) is 4.79. The van der Waals surface area contributed by atoms with Gasteiger partial charge in [0, 0.05) is 34.5 Å². The zero-order chi connectivity index (χ0) is 34.2. The molecule has 3 heterocycles. The van der Waals surface area contributed by atoms with Gasteiger partial charge in [-0.15, -0.1) is 35.7 Å². The number of nitrogens with zero attached hydrogens (tertiary/aromatic N) is 4. The molecule has 0 saturated heterocycles. The number of fused-ring (bicyclic) bond motifs is 3. The molecule has 0 fully saturated rings. The van der Waals surface area contributed by atoms with Crippen LogP contribution in [0.3, 0.4) is 0 Å². The molecule has 0 aliphatic rings. The van der Waals surface area contributed by atoms with E-state index in [4.69, 9.17) is 14.8 Å². The Morgan fingerprint density at radius 2 is 1.56 bits per heavy atom. The van der Waals surface area contributed by atoms with Gasteiger partial charge in [-0.2, -0.15) is 16.7 Å². The van der Waals surface area contributed by atoms with Gasteiger partial charge in [0.25, 0.3) is 0 Å². The van der Waals surface area contributed by atoms with E-state index in [2.05, 4.69) is 126 Å². The van der Waals surface area contributed by atoms with Gasteiger partial charge >= 0.3 is 21.1 Å². The summed E-state index contributed by atoms with van der Waals surface area (Å²) in [6.07, 6.45) is 5.57. The molecule has 6 heteroatoms. The fourth-order valence-corrected chi connectivity index (χ4v) is 7.04. The summed E-state index contributed by atoms with van der Waals surface area (Å²) < 4.78 is 10.7. The van der Waals surface area contributed by atoms with Crippen LogP contribution in [0.1, 0.15) is 74.0 Å². The van der Waals surface area contributed by atoms with Gasteiger partial charge < -0.3 is 9.30 Å². The van der Waals surface area contributed by atoms with Crippen LogP contribution in [0.25, 0.3) is 44.4 Å². The summed E-state index contributed by atoms with van der Waals surface area (Å²) in [5.74, 6) is 3.33. The minimum absolute atomic E-state index is 0. The first-order chi connectivity index (χ1) is 23.7. The van der Waals surface area contributed by atoms with Crippen LogP contribution >= 0.6 is 0 Å². The number of aromatic nitrogens is 4. The summed E-state index contributed by atoms with van der Waals surface area (Å²) >= 11 is 0. The average molecular weight is 840 g/mol. The van der Waals surface area contributed by atoms with Crippen LogP contribution in [-0.4, -0.2) is 19.3 Å². The molecule has 1 unspecified atom stereocenters. The zero-order valence-corrected chi connectivity index (χ0v) is 32.2. The third-order valence-electron chi connectivity index (χ3n) is 9.57. The zero-order valence-electron chi connectivity index (χ0n) is 29.9. The Bertz CT molecular complexity index is 2280. The number of benzene rings is 4. The molecule has 5 nitrogen and oxygen atoms in total. The molecular formula is C44H44N4OPt. The van der Waals surface area contributed by atoms with Crippen LogP contribution in [0.4, 0.5) is 0 Å². The maximum absolute atomic E-state index is 6.54. The Kier molecular flexibility index (Phi) is 10.5. The minimum atomic E-state index is 0. The van der Waals surface area contributed by atoms with E-state index in [9.17, 15) is 0 Å². The smallest absolute Gasteiger partial charge is 0.509 e. The van der Waals surface area contributed by atoms with E-state index in [0.717, 1.165) is 67.5 Å². The van der Waals surface area contributed by atoms with Crippen molar-refractivity contribution in [2.24, 2.45) is 5.92 Å². The fraction of sp³-hybridized carbons (Fsp3) is 0.273. The van der Waals surface area contributed by atoms with Crippen LogP contribution in [0.2, 0.25) is 0 Å². The van der Waals surface area contributed by atoms with Crippen LogP contribution in [0.15, 0.2) is 91.1 Å². The first kappa shape index (κ1) is 35.4. The Labute approximate surface area is 310 Å². The number of ether oxygens (including phenoxy) is 1. The largest absolute Gasteiger partial charge is 2.00 e. The van der Waals surface area contributed by atoms with E-state index in [0.29, 0.717) is 17.4 Å². The van der Waals surface area contributed by atoms with Crippen LogP contribution in [0.5, 0.6) is 11.5 Å². The number of hydrogen-bond donors (Lipinski definition) is 0. The predicted molar refractivity (Wildman–Crippen MR) is 201 cm³/mol. The number of aryl methyl sites for hydroxylation is 3. The Morgan fingerprint density at radius 1 is 0.760 bits per heavy atom. The van der Waals surface area contributed by atoms with Crippen molar-refractivity contribution in [2.75, 3.05) is 0 Å². The van der Waals surface area contributed by atoms with Crippen molar-refractivity contribution in [1.82, 2.24) is 19.3 Å². The van der Waals surface area contributed by atoms with E-state index < -0.39 is 0 Å². The molecule has 0 N–H and O–H groups in total. The molecule has 0 aliphatic carbocycles. The van der Waals surface area contributed by atoms with Gasteiger partial charge in [0.2, 0.25) is 0 Å². The van der Waals surface area contributed by atoms with E-state index in [-0.39, 0.29) is 21.1 Å². The van der Waals surface area contributed by atoms with E-state index >= 15 is 0 Å². The molecule has 4 aromatic carbocycles. The summed E-state index contributed by atoms with van der Waals surface area (Å²) in [5.41, 5.74) is 10.8. The molecule has 0 bridgehead atoms. The summed E-state index contributed by atoms with van der Waals surface area (Å²) in [6, 6.07) is 36.9. The van der Waals surface area contributed by atoms with Gasteiger partial charge in [-0.3, -0.25) is 4.68 Å². The molecule has 1 atom stereocenters. The molecule has 7 rings (SSSR count). The van der Waals surface area contributed by atoms with Crippen LogP contribution in [0, 0.1) is 45.7 Å². The van der Waals surface area contributed by atoms with E-state index in [1.165, 1.54) is 30.2 Å². The minimum Gasteiger partial charge on any atom is -0.509 e. The number of hydrogen-bond acceptors (Lipinski definition) is 3. The topological polar surface area (TPSA) is 44.9 Å². The molecule has 256 valence electrons.